The van der Waals surface area contributed by atoms with Crippen LogP contribution in [0.1, 0.15) is 24.1 Å². The van der Waals surface area contributed by atoms with Crippen molar-refractivity contribution in [3.63, 3.8) is 0 Å². The maximum atomic E-state index is 12.2. The van der Waals surface area contributed by atoms with Crippen molar-refractivity contribution in [2.24, 2.45) is 0 Å². The molecule has 6 nitrogen and oxygen atoms in total. The van der Waals surface area contributed by atoms with Gasteiger partial charge < -0.3 is 14.5 Å². The van der Waals surface area contributed by atoms with Gasteiger partial charge in [-0.15, -0.1) is 6.58 Å². The van der Waals surface area contributed by atoms with E-state index in [0.29, 0.717) is 26.2 Å². The second-order valence-corrected chi connectivity index (χ2v) is 5.63. The number of nitrogens with zero attached hydrogens (tertiary/aromatic N) is 4. The summed E-state index contributed by atoms with van der Waals surface area (Å²) in [7, 11) is 0. The number of hydrogen-bond acceptors (Lipinski definition) is 5. The molecule has 22 heavy (non-hydrogen) atoms. The quantitative estimate of drug-likeness (QED) is 0.781. The minimum absolute atomic E-state index is 0.178. The smallest absolute Gasteiger partial charge is 0.225 e. The first-order valence-corrected chi connectivity index (χ1v) is 7.84. The lowest BCUT2D eigenvalue weighted by Crippen LogP contribution is -2.39. The van der Waals surface area contributed by atoms with Crippen molar-refractivity contribution in [2.45, 2.75) is 25.8 Å². The van der Waals surface area contributed by atoms with Crippen LogP contribution in [0.15, 0.2) is 18.9 Å². The molecule has 3 rings (SSSR count). The lowest BCUT2D eigenvalue weighted by atomic mass is 10.1. The lowest BCUT2D eigenvalue weighted by molar-refractivity contribution is -0.132. The molecule has 0 bridgehead atoms. The third-order valence-corrected chi connectivity index (χ3v) is 4.14. The molecule has 0 aromatic carbocycles. The zero-order valence-corrected chi connectivity index (χ0v) is 12.8. The molecule has 2 aliphatic heterocycles. The van der Waals surface area contributed by atoms with Crippen LogP contribution >= 0.6 is 0 Å². The second-order valence-electron chi connectivity index (χ2n) is 5.63. The fourth-order valence-electron chi connectivity index (χ4n) is 2.80. The predicted octanol–water partition coefficient (Wildman–Crippen LogP) is 1.16. The Morgan fingerprint density at radius 2 is 2.18 bits per heavy atom. The van der Waals surface area contributed by atoms with Gasteiger partial charge in [0.15, 0.2) is 0 Å². The highest BCUT2D eigenvalue weighted by Crippen LogP contribution is 2.20. The zero-order valence-electron chi connectivity index (χ0n) is 12.8. The molecule has 0 N–H and O–H groups in total. The molecule has 0 radical (unpaired) electrons. The fourth-order valence-corrected chi connectivity index (χ4v) is 2.80. The summed E-state index contributed by atoms with van der Waals surface area (Å²) in [5, 5.41) is 0. The Bertz CT molecular complexity index is 555. The van der Waals surface area contributed by atoms with Crippen LogP contribution in [0.2, 0.25) is 0 Å². The minimum Gasteiger partial charge on any atom is -0.378 e. The molecule has 1 aromatic rings. The van der Waals surface area contributed by atoms with Crippen molar-refractivity contribution >= 4 is 11.9 Å². The number of ether oxygens (including phenoxy) is 1. The highest BCUT2D eigenvalue weighted by molar-refractivity contribution is 5.76. The second kappa shape index (κ2) is 6.87. The van der Waals surface area contributed by atoms with Crippen LogP contribution in [0.4, 0.5) is 5.95 Å². The number of carbonyl (C=O) groups is 1. The van der Waals surface area contributed by atoms with Crippen molar-refractivity contribution in [1.29, 1.82) is 0 Å². The van der Waals surface area contributed by atoms with Gasteiger partial charge in [-0.2, -0.15) is 0 Å². The van der Waals surface area contributed by atoms with E-state index in [4.69, 9.17) is 9.72 Å². The first-order valence-electron chi connectivity index (χ1n) is 7.84. The molecule has 0 aliphatic carbocycles. The Morgan fingerprint density at radius 1 is 1.36 bits per heavy atom. The third-order valence-electron chi connectivity index (χ3n) is 4.14. The summed E-state index contributed by atoms with van der Waals surface area (Å²) < 4.78 is 5.36. The predicted molar refractivity (Wildman–Crippen MR) is 83.6 cm³/mol. The zero-order chi connectivity index (χ0) is 15.4. The molecule has 118 valence electrons. The molecule has 2 aliphatic rings. The average molecular weight is 302 g/mol. The number of allylic oxidation sites excluding steroid dienone is 1. The Morgan fingerprint density at radius 3 is 2.95 bits per heavy atom. The summed E-state index contributed by atoms with van der Waals surface area (Å²) in [5.41, 5.74) is 2.14. The maximum absolute atomic E-state index is 12.2. The molecular weight excluding hydrogens is 280 g/mol. The molecule has 1 amide bonds. The molecule has 3 heterocycles. The molecule has 0 spiro atoms. The van der Waals surface area contributed by atoms with E-state index in [0.717, 1.165) is 49.7 Å². The third kappa shape index (κ3) is 3.27. The molecule has 1 fully saturated rings. The van der Waals surface area contributed by atoms with Crippen LogP contribution in [0.25, 0.3) is 0 Å². The van der Waals surface area contributed by atoms with Crippen LogP contribution < -0.4 is 4.90 Å². The van der Waals surface area contributed by atoms with E-state index in [2.05, 4.69) is 16.5 Å². The Hall–Kier alpha value is -1.95. The van der Waals surface area contributed by atoms with Gasteiger partial charge in [-0.1, -0.05) is 6.08 Å². The molecule has 6 heteroatoms. The van der Waals surface area contributed by atoms with Gasteiger partial charge in [-0.3, -0.25) is 4.79 Å². The van der Waals surface area contributed by atoms with Gasteiger partial charge in [-0.05, 0) is 18.4 Å². The summed E-state index contributed by atoms with van der Waals surface area (Å²) in [6.45, 7) is 8.08. The molecule has 0 atom stereocenters. The first kappa shape index (κ1) is 15.0. The van der Waals surface area contributed by atoms with Gasteiger partial charge in [-0.25, -0.2) is 9.97 Å². The normalized spacial score (nSPS) is 18.0. The van der Waals surface area contributed by atoms with Gasteiger partial charge in [0.2, 0.25) is 11.9 Å². The summed E-state index contributed by atoms with van der Waals surface area (Å²) in [6, 6.07) is 0. The number of carbonyl (C=O) groups excluding carboxylic acids is 1. The Balaban J connectivity index is 1.71. The van der Waals surface area contributed by atoms with E-state index in [9.17, 15) is 4.79 Å². The lowest BCUT2D eigenvalue weighted by Gasteiger charge is -2.30. The van der Waals surface area contributed by atoms with Crippen molar-refractivity contribution in [3.05, 3.63) is 30.1 Å². The summed E-state index contributed by atoms with van der Waals surface area (Å²) in [6.07, 6.45) is 5.79. The SMILES string of the molecule is C=CCCC(=O)N1CCc2cnc(N3CCOCC3)nc2C1. The largest absolute Gasteiger partial charge is 0.378 e. The topological polar surface area (TPSA) is 58.6 Å². The van der Waals surface area contributed by atoms with E-state index in [1.54, 1.807) is 6.08 Å². The van der Waals surface area contributed by atoms with Gasteiger partial charge >= 0.3 is 0 Å². The van der Waals surface area contributed by atoms with E-state index in [1.807, 2.05) is 11.1 Å². The van der Waals surface area contributed by atoms with Crippen molar-refractivity contribution in [2.75, 3.05) is 37.7 Å². The van der Waals surface area contributed by atoms with E-state index < -0.39 is 0 Å². The first-order chi connectivity index (χ1) is 10.8. The van der Waals surface area contributed by atoms with Gasteiger partial charge in [0.1, 0.15) is 0 Å². The summed E-state index contributed by atoms with van der Waals surface area (Å²) >= 11 is 0. The van der Waals surface area contributed by atoms with Crippen molar-refractivity contribution < 1.29 is 9.53 Å². The average Bonchev–Trinajstić information content (AvgIpc) is 2.59. The molecule has 1 saturated heterocycles. The summed E-state index contributed by atoms with van der Waals surface area (Å²) in [5.74, 6) is 0.930. The number of fused-ring (bicyclic) bond motifs is 1. The highest BCUT2D eigenvalue weighted by atomic mass is 16.5. The number of morpholine rings is 1. The van der Waals surface area contributed by atoms with E-state index in [1.165, 1.54) is 0 Å². The number of amides is 1. The van der Waals surface area contributed by atoms with E-state index >= 15 is 0 Å². The molecule has 0 saturated carbocycles. The monoisotopic (exact) mass is 302 g/mol. The molecule has 1 aromatic heterocycles. The number of anilines is 1. The van der Waals surface area contributed by atoms with Crippen LogP contribution in [0, 0.1) is 0 Å². The molecular formula is C16H22N4O2. The van der Waals surface area contributed by atoms with Gasteiger partial charge in [0.05, 0.1) is 25.5 Å². The van der Waals surface area contributed by atoms with Crippen molar-refractivity contribution in [3.8, 4) is 0 Å². The fraction of sp³-hybridized carbons (Fsp3) is 0.562. The standard InChI is InChI=1S/C16H22N4O2/c1-2-3-4-15(21)20-6-5-13-11-17-16(18-14(13)12-20)19-7-9-22-10-8-19/h2,11H,1,3-10,12H2. The number of rotatable bonds is 4. The minimum atomic E-state index is 0.178. The molecule has 0 unspecified atom stereocenters. The van der Waals surface area contributed by atoms with Crippen LogP contribution in [0.3, 0.4) is 0 Å². The van der Waals surface area contributed by atoms with Crippen LogP contribution in [0.5, 0.6) is 0 Å². The highest BCUT2D eigenvalue weighted by Gasteiger charge is 2.23. The summed E-state index contributed by atoms with van der Waals surface area (Å²) in [4.78, 5) is 25.4. The van der Waals surface area contributed by atoms with Gasteiger partial charge in [0.25, 0.3) is 0 Å². The van der Waals surface area contributed by atoms with E-state index in [-0.39, 0.29) is 5.91 Å². The Kier molecular flexibility index (Phi) is 4.68. The van der Waals surface area contributed by atoms with Crippen LogP contribution in [-0.4, -0.2) is 53.6 Å². The van der Waals surface area contributed by atoms with Crippen molar-refractivity contribution in [1.82, 2.24) is 14.9 Å². The number of aromatic nitrogens is 2. The van der Waals surface area contributed by atoms with Gasteiger partial charge in [0, 0.05) is 32.3 Å². The number of hydrogen-bond donors (Lipinski definition) is 0. The maximum Gasteiger partial charge on any atom is 0.225 e. The Labute approximate surface area is 130 Å². The van der Waals surface area contributed by atoms with Crippen LogP contribution in [-0.2, 0) is 22.5 Å².